The average Bonchev–Trinajstić information content (AvgIpc) is 2.68. The van der Waals surface area contributed by atoms with Crippen molar-refractivity contribution < 1.29 is 29.2 Å². The molecular formula is C25H43BrO6. The van der Waals surface area contributed by atoms with Crippen LogP contribution in [0.4, 0.5) is 0 Å². The number of hydrogen-bond donors (Lipinski definition) is 2. The van der Waals surface area contributed by atoms with Gasteiger partial charge in [-0.3, -0.25) is 4.79 Å². The lowest BCUT2D eigenvalue weighted by Gasteiger charge is -2.38. The number of carbonyl (C=O) groups is 1. The molecule has 0 aliphatic carbocycles. The Morgan fingerprint density at radius 1 is 1.12 bits per heavy atom. The highest BCUT2D eigenvalue weighted by Gasteiger charge is 2.34. The molecule has 2 aliphatic rings. The molecule has 32 heavy (non-hydrogen) atoms. The van der Waals surface area contributed by atoms with Crippen LogP contribution in [0.1, 0.15) is 78.6 Å². The van der Waals surface area contributed by atoms with Crippen molar-refractivity contribution >= 4 is 21.9 Å². The first-order valence-corrected chi connectivity index (χ1v) is 13.1. The van der Waals surface area contributed by atoms with E-state index in [-0.39, 0.29) is 41.8 Å². The summed E-state index contributed by atoms with van der Waals surface area (Å²) < 4.78 is 18.3. The van der Waals surface area contributed by atoms with Gasteiger partial charge in [-0.2, -0.15) is 0 Å². The Kier molecular flexibility index (Phi) is 12.2. The molecule has 2 heterocycles. The van der Waals surface area contributed by atoms with E-state index in [2.05, 4.69) is 42.8 Å². The monoisotopic (exact) mass is 518 g/mol. The van der Waals surface area contributed by atoms with Crippen LogP contribution >= 0.6 is 15.9 Å². The van der Waals surface area contributed by atoms with Crippen LogP contribution in [0.5, 0.6) is 0 Å². The lowest BCUT2D eigenvalue weighted by molar-refractivity contribution is -0.144. The lowest BCUT2D eigenvalue weighted by atomic mass is 9.87. The number of aliphatic hydroxyl groups is 1. The van der Waals surface area contributed by atoms with Crippen molar-refractivity contribution in [2.45, 2.75) is 120 Å². The average molecular weight is 520 g/mol. The Hall–Kier alpha value is -0.470. The fourth-order valence-electron chi connectivity index (χ4n) is 4.77. The van der Waals surface area contributed by atoms with Crippen LogP contribution in [0.25, 0.3) is 0 Å². The van der Waals surface area contributed by atoms with Crippen LogP contribution in [0.15, 0.2) is 12.2 Å². The minimum absolute atomic E-state index is 0.00895. The van der Waals surface area contributed by atoms with E-state index in [1.165, 1.54) is 0 Å². The molecule has 8 atom stereocenters. The second-order valence-corrected chi connectivity index (χ2v) is 11.4. The normalized spacial score (nSPS) is 33.5. The minimum atomic E-state index is -0.824. The van der Waals surface area contributed by atoms with Gasteiger partial charge in [-0.25, -0.2) is 0 Å². The molecule has 0 aromatic heterocycles. The van der Waals surface area contributed by atoms with Crippen molar-refractivity contribution in [3.05, 3.63) is 12.2 Å². The van der Waals surface area contributed by atoms with Crippen LogP contribution in [0.2, 0.25) is 0 Å². The van der Waals surface area contributed by atoms with E-state index in [0.29, 0.717) is 18.3 Å². The number of halogens is 1. The van der Waals surface area contributed by atoms with Crippen molar-refractivity contribution in [1.29, 1.82) is 0 Å². The van der Waals surface area contributed by atoms with Crippen molar-refractivity contribution in [3.63, 3.8) is 0 Å². The number of carboxylic acids is 1. The molecule has 2 saturated heterocycles. The molecular weight excluding hydrogens is 476 g/mol. The molecule has 186 valence electrons. The standard InChI is InChI=1S/C25H43BrO6/c1-16(2)6-5-7-19(27)12-20-9-8-17(3)24(32-20)14-21(30-4)13-22-10-18(26)11-23(31-22)15-25(28)29/h5,7,16-24,27H,6,8-15H2,1-4H3,(H,28,29)/b7-5+/t17-,18-,19+,20-,21-,22-,23+,24+/m0/s1. The summed E-state index contributed by atoms with van der Waals surface area (Å²) in [6.45, 7) is 6.56. The second kappa shape index (κ2) is 14.1. The first-order valence-electron chi connectivity index (χ1n) is 12.2. The molecule has 0 unspecified atom stereocenters. The van der Waals surface area contributed by atoms with E-state index in [1.807, 2.05) is 6.08 Å². The Balaban J connectivity index is 1.86. The highest BCUT2D eigenvalue weighted by atomic mass is 79.9. The van der Waals surface area contributed by atoms with Crippen LogP contribution < -0.4 is 0 Å². The summed E-state index contributed by atoms with van der Waals surface area (Å²) in [5, 5.41) is 19.5. The summed E-state index contributed by atoms with van der Waals surface area (Å²) in [7, 11) is 1.72. The predicted molar refractivity (Wildman–Crippen MR) is 129 cm³/mol. The molecule has 0 aromatic rings. The van der Waals surface area contributed by atoms with Gasteiger partial charge in [0.05, 0.1) is 43.0 Å². The highest BCUT2D eigenvalue weighted by molar-refractivity contribution is 9.09. The number of aliphatic carboxylic acids is 1. The van der Waals surface area contributed by atoms with Crippen molar-refractivity contribution in [2.24, 2.45) is 11.8 Å². The maximum Gasteiger partial charge on any atom is 0.305 e. The number of hydrogen-bond acceptors (Lipinski definition) is 5. The molecule has 7 heteroatoms. The van der Waals surface area contributed by atoms with E-state index in [1.54, 1.807) is 7.11 Å². The highest BCUT2D eigenvalue weighted by Crippen LogP contribution is 2.33. The third-order valence-corrected chi connectivity index (χ3v) is 7.34. The van der Waals surface area contributed by atoms with Crippen molar-refractivity contribution in [3.8, 4) is 0 Å². The van der Waals surface area contributed by atoms with Gasteiger partial charge in [-0.05, 0) is 50.4 Å². The maximum atomic E-state index is 11.1. The molecule has 2 rings (SSSR count). The summed E-state index contributed by atoms with van der Waals surface area (Å²) >= 11 is 3.67. The van der Waals surface area contributed by atoms with Gasteiger partial charge < -0.3 is 24.4 Å². The van der Waals surface area contributed by atoms with Crippen LogP contribution in [0, 0.1) is 11.8 Å². The third kappa shape index (κ3) is 10.2. The van der Waals surface area contributed by atoms with E-state index in [4.69, 9.17) is 19.3 Å². The maximum absolute atomic E-state index is 11.1. The summed E-state index contributed by atoms with van der Waals surface area (Å²) in [6.07, 6.45) is 10.1. The van der Waals surface area contributed by atoms with E-state index < -0.39 is 12.1 Å². The van der Waals surface area contributed by atoms with Crippen LogP contribution in [0.3, 0.4) is 0 Å². The van der Waals surface area contributed by atoms with E-state index in [9.17, 15) is 9.90 Å². The summed E-state index contributed by atoms with van der Waals surface area (Å²) in [4.78, 5) is 11.4. The summed E-state index contributed by atoms with van der Waals surface area (Å²) in [5.74, 6) is 0.205. The van der Waals surface area contributed by atoms with Gasteiger partial charge in [0.25, 0.3) is 0 Å². The third-order valence-electron chi connectivity index (χ3n) is 6.59. The molecule has 0 bridgehead atoms. The van der Waals surface area contributed by atoms with Gasteiger partial charge in [0.15, 0.2) is 0 Å². The van der Waals surface area contributed by atoms with Gasteiger partial charge in [0.2, 0.25) is 0 Å². The van der Waals surface area contributed by atoms with Gasteiger partial charge in [-0.1, -0.05) is 48.9 Å². The fourth-order valence-corrected chi connectivity index (χ4v) is 5.60. The molecule has 6 nitrogen and oxygen atoms in total. The number of allylic oxidation sites excluding steroid dienone is 1. The summed E-state index contributed by atoms with van der Waals surface area (Å²) in [5.41, 5.74) is 0. The van der Waals surface area contributed by atoms with Crippen LogP contribution in [-0.4, -0.2) is 64.7 Å². The smallest absolute Gasteiger partial charge is 0.305 e. The minimum Gasteiger partial charge on any atom is -0.481 e. The predicted octanol–water partition coefficient (Wildman–Crippen LogP) is 5.10. The quantitative estimate of drug-likeness (QED) is 0.276. The fraction of sp³-hybridized carbons (Fsp3) is 0.880. The number of carboxylic acid groups (broad SMARTS) is 1. The SMILES string of the molecule is CO[C@@H](C[C@@H]1C[C@H](Br)C[C@H](CC(=O)O)O1)C[C@H]1O[C@H](C[C@H](O)/C=C/CC(C)C)CC[C@@H]1C. The first kappa shape index (κ1) is 27.8. The largest absolute Gasteiger partial charge is 0.481 e. The first-order chi connectivity index (χ1) is 15.2. The van der Waals surface area contributed by atoms with Gasteiger partial charge >= 0.3 is 5.97 Å². The Morgan fingerprint density at radius 3 is 2.50 bits per heavy atom. The van der Waals surface area contributed by atoms with Gasteiger partial charge in [0.1, 0.15) is 0 Å². The summed E-state index contributed by atoms with van der Waals surface area (Å²) in [6, 6.07) is 0. The number of rotatable bonds is 12. The molecule has 2 N–H and O–H groups in total. The zero-order valence-corrected chi connectivity index (χ0v) is 21.7. The lowest BCUT2D eigenvalue weighted by Crippen LogP contribution is -2.40. The van der Waals surface area contributed by atoms with E-state index in [0.717, 1.165) is 44.9 Å². The molecule has 0 aromatic carbocycles. The van der Waals surface area contributed by atoms with Crippen molar-refractivity contribution in [2.75, 3.05) is 7.11 Å². The molecule has 0 spiro atoms. The Labute approximate surface area is 202 Å². The molecule has 0 radical (unpaired) electrons. The topological polar surface area (TPSA) is 85.2 Å². The molecule has 0 saturated carbocycles. The zero-order valence-electron chi connectivity index (χ0n) is 20.1. The van der Waals surface area contributed by atoms with Gasteiger partial charge in [-0.15, -0.1) is 0 Å². The van der Waals surface area contributed by atoms with Crippen molar-refractivity contribution in [1.82, 2.24) is 0 Å². The zero-order chi connectivity index (χ0) is 23.7. The van der Waals surface area contributed by atoms with E-state index >= 15 is 0 Å². The molecule has 2 aliphatic heterocycles. The number of methoxy groups -OCH3 is 1. The molecule has 2 fully saturated rings. The number of ether oxygens (including phenoxy) is 3. The van der Waals surface area contributed by atoms with Crippen LogP contribution in [-0.2, 0) is 19.0 Å². The second-order valence-electron chi connectivity index (χ2n) is 10.1. The number of alkyl halides is 1. The van der Waals surface area contributed by atoms with Gasteiger partial charge in [0, 0.05) is 24.8 Å². The number of aliphatic hydroxyl groups excluding tert-OH is 1. The Bertz CT molecular complexity index is 583. The molecule has 0 amide bonds. The Morgan fingerprint density at radius 2 is 1.84 bits per heavy atom.